The van der Waals surface area contributed by atoms with Gasteiger partial charge in [-0.05, 0) is 61.6 Å². The van der Waals surface area contributed by atoms with Crippen molar-refractivity contribution in [3.05, 3.63) is 81.3 Å². The van der Waals surface area contributed by atoms with E-state index in [1.54, 1.807) is 22.7 Å². The maximum atomic E-state index is 5.79. The normalized spacial score (nSPS) is 10.5. The van der Waals surface area contributed by atoms with Crippen LogP contribution in [0.2, 0.25) is 0 Å². The third-order valence-corrected chi connectivity index (χ3v) is 5.90. The van der Waals surface area contributed by atoms with E-state index in [9.17, 15) is 0 Å². The van der Waals surface area contributed by atoms with Crippen molar-refractivity contribution in [3.8, 4) is 22.8 Å². The molecule has 0 bridgehead atoms. The number of aromatic nitrogens is 1. The minimum atomic E-state index is 0.394. The van der Waals surface area contributed by atoms with Crippen LogP contribution in [0.25, 0.3) is 11.3 Å². The summed E-state index contributed by atoms with van der Waals surface area (Å²) in [5.41, 5.74) is 7.42. The van der Waals surface area contributed by atoms with Gasteiger partial charge in [0.1, 0.15) is 11.5 Å². The highest BCUT2D eigenvalue weighted by molar-refractivity contribution is 7.80. The van der Waals surface area contributed by atoms with Gasteiger partial charge in [-0.3, -0.25) is 0 Å². The third kappa shape index (κ3) is 4.39. The second kappa shape index (κ2) is 8.52. The summed E-state index contributed by atoms with van der Waals surface area (Å²) < 4.78 is 5.79. The van der Waals surface area contributed by atoms with Crippen LogP contribution in [0.3, 0.4) is 0 Å². The van der Waals surface area contributed by atoms with Crippen molar-refractivity contribution < 1.29 is 9.57 Å². The zero-order valence-electron chi connectivity index (χ0n) is 14.9. The number of hydrogen-bond donors (Lipinski definition) is 1. The third-order valence-electron chi connectivity index (χ3n) is 3.84. The summed E-state index contributed by atoms with van der Waals surface area (Å²) in [6.07, 6.45) is 0. The predicted octanol–water partition coefficient (Wildman–Crippen LogP) is 6.69. The van der Waals surface area contributed by atoms with E-state index in [4.69, 9.17) is 21.8 Å². The summed E-state index contributed by atoms with van der Waals surface area (Å²) in [7, 11) is 0. The minimum absolute atomic E-state index is 0.394. The molecule has 2 aromatic heterocycles. The number of hydrogen-bond acceptors (Lipinski definition) is 7. The zero-order chi connectivity index (χ0) is 19.3. The Balaban J connectivity index is 1.40. The lowest BCUT2D eigenvalue weighted by atomic mass is 10.2. The van der Waals surface area contributed by atoms with Gasteiger partial charge in [0.2, 0.25) is 5.05 Å². The Kier molecular flexibility index (Phi) is 5.66. The number of benzene rings is 2. The molecule has 0 spiro atoms. The van der Waals surface area contributed by atoms with Crippen molar-refractivity contribution in [2.75, 3.05) is 5.48 Å². The monoisotopic (exact) mass is 424 g/mol. The SMILES string of the molecule is Cc1cc(-c2cscn2)c(C(=S)ONc2ccc(Oc3ccccc3)cc2)s1. The summed E-state index contributed by atoms with van der Waals surface area (Å²) in [6.45, 7) is 2.05. The summed E-state index contributed by atoms with van der Waals surface area (Å²) >= 11 is 8.64. The molecule has 0 unspecified atom stereocenters. The van der Waals surface area contributed by atoms with Crippen molar-refractivity contribution in [1.82, 2.24) is 4.98 Å². The molecule has 140 valence electrons. The molecule has 0 saturated carbocycles. The fourth-order valence-corrected chi connectivity index (χ4v) is 4.29. The van der Waals surface area contributed by atoms with Gasteiger partial charge in [0, 0.05) is 15.8 Å². The van der Waals surface area contributed by atoms with Gasteiger partial charge in [-0.2, -0.15) is 0 Å². The zero-order valence-corrected chi connectivity index (χ0v) is 17.4. The Morgan fingerprint density at radius 3 is 2.50 bits per heavy atom. The Morgan fingerprint density at radius 1 is 1.04 bits per heavy atom. The highest BCUT2D eigenvalue weighted by atomic mass is 32.1. The summed E-state index contributed by atoms with van der Waals surface area (Å²) in [4.78, 5) is 12.1. The molecule has 0 aliphatic carbocycles. The summed E-state index contributed by atoms with van der Waals surface area (Å²) in [5, 5.41) is 2.40. The molecule has 0 aliphatic rings. The lowest BCUT2D eigenvalue weighted by Crippen LogP contribution is -2.09. The largest absolute Gasteiger partial charge is 0.457 e. The van der Waals surface area contributed by atoms with Crippen molar-refractivity contribution in [3.63, 3.8) is 0 Å². The van der Waals surface area contributed by atoms with Crippen molar-refractivity contribution in [2.45, 2.75) is 6.92 Å². The summed E-state index contributed by atoms with van der Waals surface area (Å²) in [5.74, 6) is 1.54. The highest BCUT2D eigenvalue weighted by Crippen LogP contribution is 2.32. The predicted molar refractivity (Wildman–Crippen MR) is 120 cm³/mol. The first kappa shape index (κ1) is 18.6. The van der Waals surface area contributed by atoms with E-state index in [1.165, 1.54) is 0 Å². The van der Waals surface area contributed by atoms with Gasteiger partial charge < -0.3 is 9.57 Å². The number of rotatable bonds is 6. The molecule has 4 aromatic rings. The number of thiazole rings is 1. The van der Waals surface area contributed by atoms with E-state index in [1.807, 2.05) is 72.4 Å². The molecule has 0 aliphatic heterocycles. The topological polar surface area (TPSA) is 43.4 Å². The lowest BCUT2D eigenvalue weighted by Gasteiger charge is -2.10. The lowest BCUT2D eigenvalue weighted by molar-refractivity contribution is 0.406. The Hall–Kier alpha value is -2.74. The standard InChI is InChI=1S/C21H16N2O2S3/c1-14-11-18(19-12-27-13-22-19)20(28-14)21(26)25-23-15-7-9-17(10-8-15)24-16-5-3-2-4-6-16/h2-13,23H,1H3. The van der Waals surface area contributed by atoms with Crippen LogP contribution in [0.4, 0.5) is 5.69 Å². The van der Waals surface area contributed by atoms with Gasteiger partial charge in [0.15, 0.2) is 0 Å². The first-order valence-corrected chi connectivity index (χ1v) is 10.6. The second-order valence-electron chi connectivity index (χ2n) is 5.90. The van der Waals surface area contributed by atoms with Crippen LogP contribution >= 0.6 is 34.9 Å². The van der Waals surface area contributed by atoms with E-state index in [0.29, 0.717) is 5.05 Å². The number of nitrogens with zero attached hydrogens (tertiary/aromatic N) is 1. The molecule has 1 N–H and O–H groups in total. The Labute approximate surface area is 176 Å². The molecule has 28 heavy (non-hydrogen) atoms. The van der Waals surface area contributed by atoms with Gasteiger partial charge in [0.25, 0.3) is 0 Å². The van der Waals surface area contributed by atoms with Crippen molar-refractivity contribution in [1.29, 1.82) is 0 Å². The first-order chi connectivity index (χ1) is 13.7. The first-order valence-electron chi connectivity index (χ1n) is 8.48. The molecule has 0 fully saturated rings. The summed E-state index contributed by atoms with van der Waals surface area (Å²) in [6, 6.07) is 19.2. The molecule has 0 radical (unpaired) electrons. The van der Waals surface area contributed by atoms with E-state index < -0.39 is 0 Å². The number of aryl methyl sites for hydroxylation is 1. The number of ether oxygens (including phenoxy) is 1. The molecule has 4 rings (SSSR count). The smallest absolute Gasteiger partial charge is 0.236 e. The van der Waals surface area contributed by atoms with E-state index in [-0.39, 0.29) is 0 Å². The number of anilines is 1. The van der Waals surface area contributed by atoms with Crippen LogP contribution in [-0.4, -0.2) is 10.0 Å². The molecular weight excluding hydrogens is 408 g/mol. The van der Waals surface area contributed by atoms with Crippen molar-refractivity contribution in [2.24, 2.45) is 0 Å². The fourth-order valence-electron chi connectivity index (χ4n) is 2.57. The van der Waals surface area contributed by atoms with Gasteiger partial charge in [-0.25, -0.2) is 10.5 Å². The molecule has 7 heteroatoms. The molecular formula is C21H16N2O2S3. The molecule has 2 heterocycles. The second-order valence-corrected chi connectivity index (χ2v) is 8.25. The molecule has 2 aromatic carbocycles. The molecule has 0 saturated heterocycles. The van der Waals surface area contributed by atoms with Gasteiger partial charge in [-0.1, -0.05) is 18.2 Å². The number of thiocarbonyl (C=S) groups is 1. The Morgan fingerprint density at radius 2 is 1.79 bits per heavy atom. The molecule has 0 amide bonds. The molecule has 0 atom stereocenters. The van der Waals surface area contributed by atoms with Gasteiger partial charge in [-0.15, -0.1) is 22.7 Å². The van der Waals surface area contributed by atoms with E-state index in [2.05, 4.69) is 16.5 Å². The van der Waals surface area contributed by atoms with E-state index in [0.717, 1.165) is 38.2 Å². The van der Waals surface area contributed by atoms with Crippen LogP contribution in [0.5, 0.6) is 11.5 Å². The number of para-hydroxylation sites is 1. The highest BCUT2D eigenvalue weighted by Gasteiger charge is 2.16. The van der Waals surface area contributed by atoms with Crippen molar-refractivity contribution >= 4 is 45.6 Å². The molecule has 4 nitrogen and oxygen atoms in total. The van der Waals surface area contributed by atoms with Crippen LogP contribution in [-0.2, 0) is 4.84 Å². The maximum Gasteiger partial charge on any atom is 0.236 e. The minimum Gasteiger partial charge on any atom is -0.457 e. The van der Waals surface area contributed by atoms with E-state index >= 15 is 0 Å². The Bertz CT molecular complexity index is 1060. The van der Waals surface area contributed by atoms with Gasteiger partial charge >= 0.3 is 0 Å². The van der Waals surface area contributed by atoms with Crippen LogP contribution in [0.15, 0.2) is 71.6 Å². The van der Waals surface area contributed by atoms with Crippen LogP contribution in [0.1, 0.15) is 9.75 Å². The van der Waals surface area contributed by atoms with Gasteiger partial charge in [0.05, 0.1) is 21.8 Å². The number of nitrogens with one attached hydrogen (secondary N) is 1. The van der Waals surface area contributed by atoms with Crippen LogP contribution < -0.4 is 10.2 Å². The van der Waals surface area contributed by atoms with Crippen LogP contribution in [0, 0.1) is 6.92 Å². The average molecular weight is 425 g/mol. The maximum absolute atomic E-state index is 5.79. The average Bonchev–Trinajstić information content (AvgIpc) is 3.37. The quantitative estimate of drug-likeness (QED) is 0.276. The number of thiophene rings is 1. The fraction of sp³-hybridized carbons (Fsp3) is 0.0476.